The summed E-state index contributed by atoms with van der Waals surface area (Å²) in [5, 5.41) is 2.74. The number of carbonyl (C=O) groups is 2. The van der Waals surface area contributed by atoms with Crippen molar-refractivity contribution in [2.75, 3.05) is 32.7 Å². The van der Waals surface area contributed by atoms with E-state index in [0.717, 1.165) is 51.9 Å². The second kappa shape index (κ2) is 6.07. The van der Waals surface area contributed by atoms with Gasteiger partial charge in [-0.2, -0.15) is 0 Å². The fourth-order valence-corrected chi connectivity index (χ4v) is 2.55. The van der Waals surface area contributed by atoms with E-state index in [2.05, 4.69) is 12.2 Å². The molecule has 0 bridgehead atoms. The number of urea groups is 1. The molecule has 102 valence electrons. The van der Waals surface area contributed by atoms with Gasteiger partial charge in [0.2, 0.25) is 5.91 Å². The third-order valence-corrected chi connectivity index (χ3v) is 3.92. The van der Waals surface area contributed by atoms with Crippen molar-refractivity contribution in [3.8, 4) is 0 Å². The van der Waals surface area contributed by atoms with Gasteiger partial charge >= 0.3 is 6.03 Å². The van der Waals surface area contributed by atoms with E-state index in [1.54, 1.807) is 0 Å². The number of piperidine rings is 1. The lowest BCUT2D eigenvalue weighted by Crippen LogP contribution is -2.47. The first-order chi connectivity index (χ1) is 8.66. The molecular weight excluding hydrogens is 230 g/mol. The molecule has 0 spiro atoms. The molecule has 2 aliphatic rings. The highest BCUT2D eigenvalue weighted by atomic mass is 16.2. The largest absolute Gasteiger partial charge is 0.341 e. The van der Waals surface area contributed by atoms with E-state index in [1.807, 2.05) is 9.80 Å². The average Bonchev–Trinajstić information content (AvgIpc) is 2.90. The Hall–Kier alpha value is -1.26. The SMILES string of the molecule is CC1CCN(C(=O)NCC(=O)N2CCCC2)CC1. The Bertz CT molecular complexity index is 305. The summed E-state index contributed by atoms with van der Waals surface area (Å²) in [5.74, 6) is 0.756. The number of amides is 3. The smallest absolute Gasteiger partial charge is 0.317 e. The summed E-state index contributed by atoms with van der Waals surface area (Å²) in [6, 6.07) is -0.0885. The fourth-order valence-electron chi connectivity index (χ4n) is 2.55. The summed E-state index contributed by atoms with van der Waals surface area (Å²) >= 11 is 0. The third kappa shape index (κ3) is 3.37. The Kier molecular flexibility index (Phi) is 4.44. The zero-order valence-corrected chi connectivity index (χ0v) is 11.2. The maximum absolute atomic E-state index is 11.9. The molecule has 2 rings (SSSR count). The molecule has 0 aliphatic carbocycles. The van der Waals surface area contributed by atoms with E-state index in [-0.39, 0.29) is 18.5 Å². The summed E-state index contributed by atoms with van der Waals surface area (Å²) in [7, 11) is 0. The Labute approximate surface area is 108 Å². The minimum absolute atomic E-state index is 0.0474. The van der Waals surface area contributed by atoms with Crippen LogP contribution in [-0.4, -0.2) is 54.5 Å². The zero-order chi connectivity index (χ0) is 13.0. The van der Waals surface area contributed by atoms with E-state index in [4.69, 9.17) is 0 Å². The highest BCUT2D eigenvalue weighted by molar-refractivity contribution is 5.84. The monoisotopic (exact) mass is 253 g/mol. The van der Waals surface area contributed by atoms with Gasteiger partial charge in [0, 0.05) is 26.2 Å². The molecule has 1 N–H and O–H groups in total. The Morgan fingerprint density at radius 1 is 1.06 bits per heavy atom. The molecule has 5 heteroatoms. The number of nitrogens with one attached hydrogen (secondary N) is 1. The molecule has 0 aromatic carbocycles. The lowest BCUT2D eigenvalue weighted by molar-refractivity contribution is -0.129. The lowest BCUT2D eigenvalue weighted by Gasteiger charge is -2.30. The molecular formula is C13H23N3O2. The standard InChI is InChI=1S/C13H23N3O2/c1-11-4-8-16(9-5-11)13(18)14-10-12(17)15-6-2-3-7-15/h11H,2-10H2,1H3,(H,14,18). The van der Waals surface area contributed by atoms with Crippen molar-refractivity contribution in [1.29, 1.82) is 0 Å². The van der Waals surface area contributed by atoms with Gasteiger partial charge < -0.3 is 15.1 Å². The van der Waals surface area contributed by atoms with Gasteiger partial charge in [0.1, 0.15) is 0 Å². The van der Waals surface area contributed by atoms with Gasteiger partial charge in [-0.3, -0.25) is 4.79 Å². The highest BCUT2D eigenvalue weighted by Crippen LogP contribution is 2.15. The number of hydrogen-bond donors (Lipinski definition) is 1. The van der Waals surface area contributed by atoms with Gasteiger partial charge in [-0.05, 0) is 31.6 Å². The minimum Gasteiger partial charge on any atom is -0.341 e. The van der Waals surface area contributed by atoms with Crippen molar-refractivity contribution in [1.82, 2.24) is 15.1 Å². The van der Waals surface area contributed by atoms with Gasteiger partial charge in [0.25, 0.3) is 0 Å². The first-order valence-electron chi connectivity index (χ1n) is 6.97. The quantitative estimate of drug-likeness (QED) is 0.799. The van der Waals surface area contributed by atoms with Crippen molar-refractivity contribution in [3.05, 3.63) is 0 Å². The number of nitrogens with zero attached hydrogens (tertiary/aromatic N) is 2. The summed E-state index contributed by atoms with van der Waals surface area (Å²) in [6.45, 7) is 5.67. The minimum atomic E-state index is -0.0885. The Balaban J connectivity index is 1.69. The molecule has 5 nitrogen and oxygen atoms in total. The molecule has 2 fully saturated rings. The van der Waals surface area contributed by atoms with Crippen LogP contribution >= 0.6 is 0 Å². The second-order valence-corrected chi connectivity index (χ2v) is 5.42. The van der Waals surface area contributed by atoms with Crippen LogP contribution in [0.4, 0.5) is 4.79 Å². The molecule has 0 aromatic heterocycles. The zero-order valence-electron chi connectivity index (χ0n) is 11.2. The summed E-state index contributed by atoms with van der Waals surface area (Å²) in [4.78, 5) is 27.3. The summed E-state index contributed by atoms with van der Waals surface area (Å²) in [6.07, 6.45) is 4.30. The fraction of sp³-hybridized carbons (Fsp3) is 0.846. The highest BCUT2D eigenvalue weighted by Gasteiger charge is 2.22. The molecule has 0 atom stereocenters. The second-order valence-electron chi connectivity index (χ2n) is 5.42. The Morgan fingerprint density at radius 3 is 2.28 bits per heavy atom. The third-order valence-electron chi connectivity index (χ3n) is 3.92. The van der Waals surface area contributed by atoms with Crippen molar-refractivity contribution >= 4 is 11.9 Å². The van der Waals surface area contributed by atoms with Crippen LogP contribution in [0.15, 0.2) is 0 Å². The Morgan fingerprint density at radius 2 is 1.67 bits per heavy atom. The number of rotatable bonds is 2. The molecule has 18 heavy (non-hydrogen) atoms. The molecule has 2 heterocycles. The van der Waals surface area contributed by atoms with Crippen molar-refractivity contribution in [2.45, 2.75) is 32.6 Å². The first kappa shape index (κ1) is 13.2. The van der Waals surface area contributed by atoms with Crippen LogP contribution < -0.4 is 5.32 Å². The van der Waals surface area contributed by atoms with E-state index in [9.17, 15) is 9.59 Å². The number of carbonyl (C=O) groups excluding carboxylic acids is 2. The molecule has 0 unspecified atom stereocenters. The van der Waals surface area contributed by atoms with Gasteiger partial charge in [-0.15, -0.1) is 0 Å². The van der Waals surface area contributed by atoms with Crippen LogP contribution in [-0.2, 0) is 4.79 Å². The van der Waals surface area contributed by atoms with E-state index in [1.165, 1.54) is 0 Å². The van der Waals surface area contributed by atoms with Crippen LogP contribution in [0, 0.1) is 5.92 Å². The topological polar surface area (TPSA) is 52.7 Å². The van der Waals surface area contributed by atoms with Gasteiger partial charge in [-0.25, -0.2) is 4.79 Å². The van der Waals surface area contributed by atoms with Crippen LogP contribution in [0.1, 0.15) is 32.6 Å². The molecule has 2 aliphatic heterocycles. The van der Waals surface area contributed by atoms with Crippen LogP contribution in [0.25, 0.3) is 0 Å². The molecule has 0 saturated carbocycles. The summed E-state index contributed by atoms with van der Waals surface area (Å²) < 4.78 is 0. The van der Waals surface area contributed by atoms with E-state index in [0.29, 0.717) is 5.92 Å². The van der Waals surface area contributed by atoms with Gasteiger partial charge in [0.15, 0.2) is 0 Å². The first-order valence-corrected chi connectivity index (χ1v) is 6.97. The van der Waals surface area contributed by atoms with Crippen LogP contribution in [0.3, 0.4) is 0 Å². The normalized spacial score (nSPS) is 21.2. The molecule has 3 amide bonds. The molecule has 0 radical (unpaired) electrons. The molecule has 2 saturated heterocycles. The van der Waals surface area contributed by atoms with E-state index >= 15 is 0 Å². The maximum atomic E-state index is 11.9. The summed E-state index contributed by atoms with van der Waals surface area (Å²) in [5.41, 5.74) is 0. The van der Waals surface area contributed by atoms with Crippen molar-refractivity contribution in [2.24, 2.45) is 5.92 Å². The van der Waals surface area contributed by atoms with E-state index < -0.39 is 0 Å². The van der Waals surface area contributed by atoms with Crippen LogP contribution in [0.2, 0.25) is 0 Å². The predicted molar refractivity (Wildman–Crippen MR) is 69.2 cm³/mol. The van der Waals surface area contributed by atoms with Crippen molar-refractivity contribution in [3.63, 3.8) is 0 Å². The van der Waals surface area contributed by atoms with Crippen LogP contribution in [0.5, 0.6) is 0 Å². The lowest BCUT2D eigenvalue weighted by atomic mass is 10.00. The van der Waals surface area contributed by atoms with Gasteiger partial charge in [0.05, 0.1) is 6.54 Å². The van der Waals surface area contributed by atoms with Crippen molar-refractivity contribution < 1.29 is 9.59 Å². The number of likely N-dealkylation sites (tertiary alicyclic amines) is 2. The number of hydrogen-bond acceptors (Lipinski definition) is 2. The maximum Gasteiger partial charge on any atom is 0.317 e. The molecule has 0 aromatic rings. The predicted octanol–water partition coefficient (Wildman–Crippen LogP) is 1.05. The average molecular weight is 253 g/mol. The van der Waals surface area contributed by atoms with Gasteiger partial charge in [-0.1, -0.05) is 6.92 Å².